The fourth-order valence-electron chi connectivity index (χ4n) is 4.16. The predicted molar refractivity (Wildman–Crippen MR) is 86.2 cm³/mol. The van der Waals surface area contributed by atoms with E-state index in [1.807, 2.05) is 24.3 Å². The Hall–Kier alpha value is -2.55. The van der Waals surface area contributed by atoms with E-state index < -0.39 is 17.6 Å². The van der Waals surface area contributed by atoms with Crippen LogP contribution in [0.2, 0.25) is 0 Å². The van der Waals surface area contributed by atoms with Crippen molar-refractivity contribution in [1.82, 2.24) is 4.90 Å². The molecule has 3 aliphatic rings. The van der Waals surface area contributed by atoms with Gasteiger partial charge in [-0.1, -0.05) is 18.2 Å². The van der Waals surface area contributed by atoms with E-state index in [1.54, 1.807) is 0 Å². The monoisotopic (exact) mass is 325 g/mol. The number of hydrogen-bond donors (Lipinski definition) is 1. The molecule has 1 aromatic carbocycles. The van der Waals surface area contributed by atoms with Crippen LogP contribution in [0.5, 0.6) is 0 Å². The van der Waals surface area contributed by atoms with Crippen molar-refractivity contribution in [1.29, 1.82) is 5.26 Å². The van der Waals surface area contributed by atoms with Crippen LogP contribution in [0.4, 0.5) is 10.5 Å². The molecule has 1 spiro atoms. The van der Waals surface area contributed by atoms with Gasteiger partial charge in [-0.15, -0.1) is 0 Å². The highest BCUT2D eigenvalue weighted by Gasteiger charge is 2.56. The first kappa shape index (κ1) is 15.0. The molecule has 1 aromatic rings. The highest BCUT2D eigenvalue weighted by molar-refractivity contribution is 6.07. The SMILES string of the molecule is N#C[C@@H]1C[C@@]2(CN1C(=O)OC1CCCC1)C(=O)Nc1ccccc12. The van der Waals surface area contributed by atoms with Gasteiger partial charge in [-0.2, -0.15) is 5.26 Å². The number of fused-ring (bicyclic) bond motifs is 2. The van der Waals surface area contributed by atoms with Crippen LogP contribution >= 0.6 is 0 Å². The number of rotatable bonds is 1. The fourth-order valence-corrected chi connectivity index (χ4v) is 4.16. The molecule has 2 amide bonds. The number of ether oxygens (including phenoxy) is 1. The Morgan fingerprint density at radius 2 is 2.08 bits per heavy atom. The summed E-state index contributed by atoms with van der Waals surface area (Å²) in [4.78, 5) is 26.6. The standard InChI is InChI=1S/C18H19N3O3/c19-10-12-9-18(14-7-3-4-8-15(14)20-16(18)22)11-21(12)17(23)24-13-5-1-2-6-13/h3-4,7-8,12-13H,1-2,5-6,9,11H2,(H,20,22)/t12-,18-/m0/s1. The Morgan fingerprint density at radius 1 is 1.33 bits per heavy atom. The predicted octanol–water partition coefficient (Wildman–Crippen LogP) is 2.55. The number of nitriles is 1. The number of carbonyl (C=O) groups is 2. The molecule has 1 N–H and O–H groups in total. The molecular formula is C18H19N3O3. The van der Waals surface area contributed by atoms with Crippen molar-refractivity contribution in [3.63, 3.8) is 0 Å². The first-order valence-electron chi connectivity index (χ1n) is 8.42. The fraction of sp³-hybridized carbons (Fsp3) is 0.500. The molecule has 0 bridgehead atoms. The van der Waals surface area contributed by atoms with Crippen molar-refractivity contribution in [3.05, 3.63) is 29.8 Å². The average Bonchev–Trinajstić information content (AvgIpc) is 3.28. The molecule has 2 atom stereocenters. The maximum atomic E-state index is 12.6. The molecule has 0 aromatic heterocycles. The van der Waals surface area contributed by atoms with Gasteiger partial charge in [0.2, 0.25) is 5.91 Å². The van der Waals surface area contributed by atoms with E-state index >= 15 is 0 Å². The number of hydrogen-bond acceptors (Lipinski definition) is 4. The zero-order valence-corrected chi connectivity index (χ0v) is 13.3. The van der Waals surface area contributed by atoms with Gasteiger partial charge in [0.05, 0.1) is 11.5 Å². The van der Waals surface area contributed by atoms with Gasteiger partial charge in [-0.3, -0.25) is 9.69 Å². The van der Waals surface area contributed by atoms with Crippen molar-refractivity contribution >= 4 is 17.7 Å². The lowest BCUT2D eigenvalue weighted by Crippen LogP contribution is -2.41. The van der Waals surface area contributed by atoms with E-state index in [9.17, 15) is 14.9 Å². The Balaban J connectivity index is 1.61. The van der Waals surface area contributed by atoms with Gasteiger partial charge < -0.3 is 10.1 Å². The molecule has 124 valence electrons. The Bertz CT molecular complexity index is 735. The van der Waals surface area contributed by atoms with E-state index in [4.69, 9.17) is 4.74 Å². The second-order valence-corrected chi connectivity index (χ2v) is 6.85. The summed E-state index contributed by atoms with van der Waals surface area (Å²) in [5, 5.41) is 12.4. The molecule has 0 unspecified atom stereocenters. The molecule has 4 rings (SSSR count). The zero-order valence-electron chi connectivity index (χ0n) is 13.3. The zero-order chi connectivity index (χ0) is 16.7. The summed E-state index contributed by atoms with van der Waals surface area (Å²) < 4.78 is 5.56. The number of para-hydroxylation sites is 1. The number of nitrogens with zero attached hydrogens (tertiary/aromatic N) is 2. The van der Waals surface area contributed by atoms with Gasteiger partial charge in [0.25, 0.3) is 0 Å². The third-order valence-corrected chi connectivity index (χ3v) is 5.44. The summed E-state index contributed by atoms with van der Waals surface area (Å²) in [6.07, 6.45) is 3.68. The van der Waals surface area contributed by atoms with Gasteiger partial charge in [-0.05, 0) is 37.3 Å². The van der Waals surface area contributed by atoms with Crippen LogP contribution < -0.4 is 5.32 Å². The van der Waals surface area contributed by atoms with Crippen LogP contribution in [0, 0.1) is 11.3 Å². The molecule has 2 heterocycles. The first-order chi connectivity index (χ1) is 11.6. The van der Waals surface area contributed by atoms with Crippen molar-refractivity contribution in [2.75, 3.05) is 11.9 Å². The van der Waals surface area contributed by atoms with Crippen LogP contribution in [0.1, 0.15) is 37.7 Å². The summed E-state index contributed by atoms with van der Waals surface area (Å²) in [6, 6.07) is 9.01. The molecule has 24 heavy (non-hydrogen) atoms. The van der Waals surface area contributed by atoms with E-state index in [0.717, 1.165) is 36.9 Å². The smallest absolute Gasteiger partial charge is 0.411 e. The summed E-state index contributed by atoms with van der Waals surface area (Å²) in [6.45, 7) is 0.194. The first-order valence-corrected chi connectivity index (χ1v) is 8.42. The Morgan fingerprint density at radius 3 is 2.83 bits per heavy atom. The second kappa shape index (κ2) is 5.52. The molecule has 6 nitrogen and oxygen atoms in total. The van der Waals surface area contributed by atoms with Gasteiger partial charge in [0, 0.05) is 18.7 Å². The maximum absolute atomic E-state index is 12.6. The topological polar surface area (TPSA) is 82.4 Å². The van der Waals surface area contributed by atoms with E-state index in [0.29, 0.717) is 6.42 Å². The van der Waals surface area contributed by atoms with E-state index in [2.05, 4.69) is 11.4 Å². The van der Waals surface area contributed by atoms with Crippen molar-refractivity contribution in [2.45, 2.75) is 49.7 Å². The molecule has 2 fully saturated rings. The Kier molecular flexibility index (Phi) is 3.45. The van der Waals surface area contributed by atoms with Crippen LogP contribution in [0.15, 0.2) is 24.3 Å². The highest BCUT2D eigenvalue weighted by Crippen LogP contribution is 2.46. The van der Waals surface area contributed by atoms with E-state index in [1.165, 1.54) is 4.90 Å². The average molecular weight is 325 g/mol. The minimum atomic E-state index is -0.842. The molecule has 0 radical (unpaired) electrons. The molecule has 2 aliphatic heterocycles. The van der Waals surface area contributed by atoms with Crippen LogP contribution in [0.3, 0.4) is 0 Å². The lowest BCUT2D eigenvalue weighted by molar-refractivity contribution is -0.120. The van der Waals surface area contributed by atoms with Crippen molar-refractivity contribution in [2.24, 2.45) is 0 Å². The quantitative estimate of drug-likeness (QED) is 0.860. The summed E-state index contributed by atoms with van der Waals surface area (Å²) in [5.41, 5.74) is 0.794. The third kappa shape index (κ3) is 2.15. The number of anilines is 1. The lowest BCUT2D eigenvalue weighted by Gasteiger charge is -2.23. The normalized spacial score (nSPS) is 28.7. The third-order valence-electron chi connectivity index (χ3n) is 5.44. The van der Waals surface area contributed by atoms with Gasteiger partial charge in [0.1, 0.15) is 12.1 Å². The molecule has 1 aliphatic carbocycles. The molecule has 1 saturated heterocycles. The number of likely N-dealkylation sites (tertiary alicyclic amines) is 1. The minimum Gasteiger partial charge on any atom is -0.446 e. The number of amides is 2. The number of nitrogens with one attached hydrogen (secondary N) is 1. The second-order valence-electron chi connectivity index (χ2n) is 6.85. The maximum Gasteiger partial charge on any atom is 0.411 e. The minimum absolute atomic E-state index is 0.0573. The molecule has 1 saturated carbocycles. The summed E-state index contributed by atoms with van der Waals surface area (Å²) in [7, 11) is 0. The lowest BCUT2D eigenvalue weighted by atomic mass is 9.80. The van der Waals surface area contributed by atoms with Gasteiger partial charge in [-0.25, -0.2) is 4.79 Å². The number of carbonyl (C=O) groups excluding carboxylic acids is 2. The van der Waals surface area contributed by atoms with E-state index in [-0.39, 0.29) is 18.6 Å². The molecule has 6 heteroatoms. The van der Waals surface area contributed by atoms with Crippen LogP contribution in [-0.4, -0.2) is 35.6 Å². The van der Waals surface area contributed by atoms with Crippen LogP contribution in [-0.2, 0) is 14.9 Å². The number of benzene rings is 1. The van der Waals surface area contributed by atoms with Gasteiger partial charge in [0.15, 0.2) is 0 Å². The van der Waals surface area contributed by atoms with Crippen molar-refractivity contribution in [3.8, 4) is 6.07 Å². The van der Waals surface area contributed by atoms with Crippen molar-refractivity contribution < 1.29 is 14.3 Å². The van der Waals surface area contributed by atoms with Crippen LogP contribution in [0.25, 0.3) is 0 Å². The highest BCUT2D eigenvalue weighted by atomic mass is 16.6. The summed E-state index contributed by atoms with van der Waals surface area (Å²) in [5.74, 6) is -0.139. The largest absolute Gasteiger partial charge is 0.446 e. The van der Waals surface area contributed by atoms with Gasteiger partial charge >= 0.3 is 6.09 Å². The Labute approximate surface area is 140 Å². The summed E-state index contributed by atoms with van der Waals surface area (Å²) >= 11 is 0. The molecular weight excluding hydrogens is 306 g/mol.